The van der Waals surface area contributed by atoms with E-state index in [0.717, 1.165) is 5.56 Å². The lowest BCUT2D eigenvalue weighted by Gasteiger charge is -1.98. The van der Waals surface area contributed by atoms with Gasteiger partial charge in [0.25, 0.3) is 0 Å². The highest BCUT2D eigenvalue weighted by molar-refractivity contribution is 6.30. The number of hydrogen-bond acceptors (Lipinski definition) is 4. The zero-order valence-corrected chi connectivity index (χ0v) is 11.6. The minimum absolute atomic E-state index is 0.293. The molecule has 0 saturated carbocycles. The van der Waals surface area contributed by atoms with Gasteiger partial charge in [-0.2, -0.15) is 5.10 Å². The van der Waals surface area contributed by atoms with Crippen LogP contribution in [0.5, 0.6) is 0 Å². The van der Waals surface area contributed by atoms with E-state index in [1.54, 1.807) is 31.2 Å². The number of furan rings is 1. The van der Waals surface area contributed by atoms with Gasteiger partial charge < -0.3 is 9.15 Å². The molecule has 6 heteroatoms. The Kier molecular flexibility index (Phi) is 4.79. The number of benzene rings is 1. The minimum atomic E-state index is -0.606. The van der Waals surface area contributed by atoms with Gasteiger partial charge in [0, 0.05) is 10.6 Å². The summed E-state index contributed by atoms with van der Waals surface area (Å²) in [6.45, 7) is 2.01. The van der Waals surface area contributed by atoms with Gasteiger partial charge >= 0.3 is 6.09 Å². The van der Waals surface area contributed by atoms with E-state index < -0.39 is 6.09 Å². The number of nitrogens with zero attached hydrogens (tertiary/aromatic N) is 1. The largest absolute Gasteiger partial charge is 0.455 e. The third-order valence-corrected chi connectivity index (χ3v) is 2.59. The zero-order chi connectivity index (χ0) is 14.4. The number of ether oxygens (including phenoxy) is 1. The van der Waals surface area contributed by atoms with Crippen LogP contribution in [0.4, 0.5) is 4.79 Å². The summed E-state index contributed by atoms with van der Waals surface area (Å²) in [6, 6.07) is 10.9. The summed E-state index contributed by atoms with van der Waals surface area (Å²) in [5, 5.41) is 4.35. The van der Waals surface area contributed by atoms with Crippen molar-refractivity contribution in [1.82, 2.24) is 5.43 Å². The first-order valence-electron chi connectivity index (χ1n) is 6.00. The van der Waals surface area contributed by atoms with Gasteiger partial charge in [-0.05, 0) is 31.2 Å². The van der Waals surface area contributed by atoms with E-state index in [1.807, 2.05) is 12.1 Å². The summed E-state index contributed by atoms with van der Waals surface area (Å²) in [7, 11) is 0. The first-order valence-corrected chi connectivity index (χ1v) is 6.38. The molecule has 1 aromatic heterocycles. The second kappa shape index (κ2) is 6.77. The second-order valence-corrected chi connectivity index (χ2v) is 4.24. The predicted molar refractivity (Wildman–Crippen MR) is 76.9 cm³/mol. The molecule has 0 aliphatic heterocycles. The molecule has 2 rings (SSSR count). The molecule has 0 aliphatic rings. The molecule has 5 nitrogen and oxygen atoms in total. The highest BCUT2D eigenvalue weighted by Crippen LogP contribution is 2.24. The van der Waals surface area contributed by atoms with E-state index in [-0.39, 0.29) is 0 Å². The van der Waals surface area contributed by atoms with Crippen LogP contribution in [0.3, 0.4) is 0 Å². The normalized spacial score (nSPS) is 10.7. The van der Waals surface area contributed by atoms with Crippen LogP contribution in [0, 0.1) is 0 Å². The summed E-state index contributed by atoms with van der Waals surface area (Å²) in [5.41, 5.74) is 3.09. The van der Waals surface area contributed by atoms with E-state index >= 15 is 0 Å². The van der Waals surface area contributed by atoms with E-state index in [4.69, 9.17) is 16.0 Å². The van der Waals surface area contributed by atoms with Crippen LogP contribution >= 0.6 is 11.6 Å². The molecule has 1 heterocycles. The number of carbonyl (C=O) groups is 1. The molecule has 0 saturated heterocycles. The fourth-order valence-electron chi connectivity index (χ4n) is 1.53. The van der Waals surface area contributed by atoms with Crippen molar-refractivity contribution in [2.45, 2.75) is 6.92 Å². The summed E-state index contributed by atoms with van der Waals surface area (Å²) in [6.07, 6.45) is 0.788. The lowest BCUT2D eigenvalue weighted by atomic mass is 10.2. The summed E-state index contributed by atoms with van der Waals surface area (Å²) in [4.78, 5) is 11.0. The molecular formula is C14H13ClN2O3. The molecule has 0 fully saturated rings. The first kappa shape index (κ1) is 14.1. The quantitative estimate of drug-likeness (QED) is 0.690. The monoisotopic (exact) mass is 292 g/mol. The highest BCUT2D eigenvalue weighted by Gasteiger charge is 2.04. The van der Waals surface area contributed by atoms with Gasteiger partial charge in [-0.3, -0.25) is 0 Å². The van der Waals surface area contributed by atoms with Crippen molar-refractivity contribution in [3.8, 4) is 11.3 Å². The molecule has 2 aromatic rings. The maximum atomic E-state index is 11.0. The van der Waals surface area contributed by atoms with Gasteiger partial charge in [0.2, 0.25) is 0 Å². The van der Waals surface area contributed by atoms with E-state index in [9.17, 15) is 4.79 Å². The van der Waals surface area contributed by atoms with Crippen molar-refractivity contribution in [2.24, 2.45) is 5.10 Å². The molecule has 1 N–H and O–H groups in total. The van der Waals surface area contributed by atoms with Gasteiger partial charge in [-0.1, -0.05) is 23.7 Å². The van der Waals surface area contributed by atoms with Crippen molar-refractivity contribution >= 4 is 23.9 Å². The van der Waals surface area contributed by atoms with Crippen LogP contribution in [0.2, 0.25) is 5.02 Å². The lowest BCUT2D eigenvalue weighted by Crippen LogP contribution is -2.18. The van der Waals surface area contributed by atoms with Gasteiger partial charge in [0.1, 0.15) is 11.5 Å². The number of halogens is 1. The Hall–Kier alpha value is -2.27. The van der Waals surface area contributed by atoms with Crippen LogP contribution in [0.15, 0.2) is 45.9 Å². The van der Waals surface area contributed by atoms with Crippen LogP contribution in [-0.4, -0.2) is 18.9 Å². The van der Waals surface area contributed by atoms with Gasteiger partial charge in [-0.15, -0.1) is 0 Å². The third-order valence-electron chi connectivity index (χ3n) is 2.36. The van der Waals surface area contributed by atoms with Crippen molar-refractivity contribution in [3.05, 3.63) is 47.2 Å². The van der Waals surface area contributed by atoms with E-state index in [0.29, 0.717) is 23.2 Å². The predicted octanol–water partition coefficient (Wildman–Crippen LogP) is 3.68. The Morgan fingerprint density at radius 2 is 2.30 bits per heavy atom. The SMILES string of the molecule is CCOC(=O)N/N=C\c1ccc(-c2cccc(Cl)c2)o1. The number of carbonyl (C=O) groups excluding carboxylic acids is 1. The maximum Gasteiger partial charge on any atom is 0.427 e. The Bertz CT molecular complexity index is 622. The first-order chi connectivity index (χ1) is 9.69. The number of nitrogens with one attached hydrogen (secondary N) is 1. The minimum Gasteiger partial charge on any atom is -0.455 e. The van der Waals surface area contributed by atoms with E-state index in [2.05, 4.69) is 15.3 Å². The smallest absolute Gasteiger partial charge is 0.427 e. The molecule has 104 valence electrons. The molecule has 1 amide bonds. The van der Waals surface area contributed by atoms with Crippen LogP contribution in [-0.2, 0) is 4.74 Å². The summed E-state index contributed by atoms with van der Waals surface area (Å²) < 4.78 is 10.2. The molecule has 1 aromatic carbocycles. The number of hydrogen-bond donors (Lipinski definition) is 1. The number of rotatable bonds is 4. The fourth-order valence-corrected chi connectivity index (χ4v) is 1.72. The topological polar surface area (TPSA) is 63.8 Å². The number of hydrazone groups is 1. The molecule has 0 radical (unpaired) electrons. The van der Waals surface area contributed by atoms with Crippen molar-refractivity contribution in [1.29, 1.82) is 0 Å². The molecular weight excluding hydrogens is 280 g/mol. The Morgan fingerprint density at radius 3 is 3.05 bits per heavy atom. The number of amides is 1. The van der Waals surface area contributed by atoms with Gasteiger partial charge in [0.05, 0.1) is 12.8 Å². The molecule has 0 bridgehead atoms. The average molecular weight is 293 g/mol. The maximum absolute atomic E-state index is 11.0. The van der Waals surface area contributed by atoms with Crippen molar-refractivity contribution in [2.75, 3.05) is 6.61 Å². The molecule has 0 atom stereocenters. The molecule has 0 spiro atoms. The summed E-state index contributed by atoms with van der Waals surface area (Å²) in [5.74, 6) is 1.18. The van der Waals surface area contributed by atoms with Crippen molar-refractivity contribution in [3.63, 3.8) is 0 Å². The Balaban J connectivity index is 2.02. The lowest BCUT2D eigenvalue weighted by molar-refractivity contribution is 0.152. The van der Waals surface area contributed by atoms with Crippen LogP contribution in [0.1, 0.15) is 12.7 Å². The second-order valence-electron chi connectivity index (χ2n) is 3.80. The van der Waals surface area contributed by atoms with Crippen LogP contribution < -0.4 is 5.43 Å². The third kappa shape index (κ3) is 3.86. The molecule has 0 aliphatic carbocycles. The standard InChI is InChI=1S/C14H13ClN2O3/c1-2-19-14(18)17-16-9-12-6-7-13(20-12)10-4-3-5-11(15)8-10/h3-9H,2H2,1H3,(H,17,18)/b16-9-. The summed E-state index contributed by atoms with van der Waals surface area (Å²) >= 11 is 5.92. The van der Waals surface area contributed by atoms with Crippen molar-refractivity contribution < 1.29 is 13.9 Å². The van der Waals surface area contributed by atoms with Gasteiger partial charge in [-0.25, -0.2) is 10.2 Å². The Labute approximate surface area is 121 Å². The van der Waals surface area contributed by atoms with Crippen LogP contribution in [0.25, 0.3) is 11.3 Å². The highest BCUT2D eigenvalue weighted by atomic mass is 35.5. The molecule has 20 heavy (non-hydrogen) atoms. The average Bonchev–Trinajstić information content (AvgIpc) is 2.88. The molecule has 0 unspecified atom stereocenters. The van der Waals surface area contributed by atoms with Gasteiger partial charge in [0.15, 0.2) is 0 Å². The van der Waals surface area contributed by atoms with E-state index in [1.165, 1.54) is 6.21 Å². The zero-order valence-electron chi connectivity index (χ0n) is 10.8. The fraction of sp³-hybridized carbons (Fsp3) is 0.143. The Morgan fingerprint density at radius 1 is 1.45 bits per heavy atom.